The molecule has 1 saturated heterocycles. The van der Waals surface area contributed by atoms with Crippen molar-refractivity contribution in [3.8, 4) is 0 Å². The maximum atomic E-state index is 13.3. The van der Waals surface area contributed by atoms with Crippen molar-refractivity contribution in [3.05, 3.63) is 35.6 Å². The second-order valence-corrected chi connectivity index (χ2v) is 5.30. The summed E-state index contributed by atoms with van der Waals surface area (Å²) in [6.45, 7) is 8.96. The Bertz CT molecular complexity index is 413. The van der Waals surface area contributed by atoms with Crippen molar-refractivity contribution in [1.82, 2.24) is 10.2 Å². The highest BCUT2D eigenvalue weighted by molar-refractivity contribution is 5.18. The van der Waals surface area contributed by atoms with Gasteiger partial charge >= 0.3 is 0 Å². The smallest absolute Gasteiger partial charge is 0.123 e. The van der Waals surface area contributed by atoms with Gasteiger partial charge in [0.1, 0.15) is 5.82 Å². The quantitative estimate of drug-likeness (QED) is 0.863. The summed E-state index contributed by atoms with van der Waals surface area (Å²) < 4.78 is 19.2. The summed E-state index contributed by atoms with van der Waals surface area (Å²) in [5.74, 6) is -0.169. The van der Waals surface area contributed by atoms with Gasteiger partial charge in [0.25, 0.3) is 0 Å². The summed E-state index contributed by atoms with van der Waals surface area (Å²) in [6.07, 6.45) is 0.972. The normalized spacial score (nSPS) is 21.9. The van der Waals surface area contributed by atoms with Gasteiger partial charge in [-0.15, -0.1) is 0 Å². The predicted molar refractivity (Wildman–Crippen MR) is 79.4 cm³/mol. The van der Waals surface area contributed by atoms with E-state index in [1.807, 2.05) is 6.07 Å². The number of hydrogen-bond acceptors (Lipinski definition) is 3. The molecular weight excluding hydrogens is 255 g/mol. The highest BCUT2D eigenvalue weighted by atomic mass is 19.1. The van der Waals surface area contributed by atoms with Crippen LogP contribution < -0.4 is 5.32 Å². The molecular formula is C16H25FN2O. The van der Waals surface area contributed by atoms with E-state index in [0.29, 0.717) is 0 Å². The fourth-order valence-corrected chi connectivity index (χ4v) is 2.78. The zero-order valence-corrected chi connectivity index (χ0v) is 12.4. The van der Waals surface area contributed by atoms with E-state index in [9.17, 15) is 4.39 Å². The van der Waals surface area contributed by atoms with Crippen molar-refractivity contribution in [2.75, 3.05) is 32.8 Å². The molecule has 2 rings (SSSR count). The van der Waals surface area contributed by atoms with Crippen LogP contribution in [0, 0.1) is 5.82 Å². The summed E-state index contributed by atoms with van der Waals surface area (Å²) in [7, 11) is 0. The Morgan fingerprint density at radius 3 is 3.00 bits per heavy atom. The van der Waals surface area contributed by atoms with Crippen molar-refractivity contribution < 1.29 is 9.13 Å². The molecule has 0 bridgehead atoms. The third-order valence-electron chi connectivity index (χ3n) is 3.88. The van der Waals surface area contributed by atoms with Gasteiger partial charge in [0.15, 0.2) is 0 Å². The summed E-state index contributed by atoms with van der Waals surface area (Å²) in [5.41, 5.74) is 1.02. The highest BCUT2D eigenvalue weighted by Gasteiger charge is 2.27. The molecule has 0 aliphatic carbocycles. The van der Waals surface area contributed by atoms with Gasteiger partial charge in [0.05, 0.1) is 12.7 Å². The minimum absolute atomic E-state index is 0.169. The van der Waals surface area contributed by atoms with Crippen LogP contribution in [0.1, 0.15) is 19.4 Å². The summed E-state index contributed by atoms with van der Waals surface area (Å²) in [6, 6.07) is 7.09. The SMILES string of the molecule is CCNC(Cc1cccc(F)c1)C1CN(CC)CCO1. The molecule has 3 nitrogen and oxygen atoms in total. The Hall–Kier alpha value is -0.970. The Morgan fingerprint density at radius 1 is 1.45 bits per heavy atom. The molecule has 1 aromatic carbocycles. The van der Waals surface area contributed by atoms with Gasteiger partial charge in [0, 0.05) is 19.1 Å². The van der Waals surface area contributed by atoms with Crippen molar-refractivity contribution >= 4 is 0 Å². The fourth-order valence-electron chi connectivity index (χ4n) is 2.78. The van der Waals surface area contributed by atoms with Gasteiger partial charge in [-0.3, -0.25) is 4.90 Å². The van der Waals surface area contributed by atoms with Crippen LogP contribution in [0.2, 0.25) is 0 Å². The van der Waals surface area contributed by atoms with Crippen LogP contribution in [0.25, 0.3) is 0 Å². The first-order valence-corrected chi connectivity index (χ1v) is 7.54. The van der Waals surface area contributed by atoms with Gasteiger partial charge in [-0.25, -0.2) is 4.39 Å². The van der Waals surface area contributed by atoms with Crippen LogP contribution in [0.15, 0.2) is 24.3 Å². The van der Waals surface area contributed by atoms with E-state index < -0.39 is 0 Å². The molecule has 0 aromatic heterocycles. The lowest BCUT2D eigenvalue weighted by molar-refractivity contribution is -0.0445. The van der Waals surface area contributed by atoms with E-state index in [1.54, 1.807) is 12.1 Å². The molecule has 1 fully saturated rings. The Balaban J connectivity index is 2.02. The van der Waals surface area contributed by atoms with Crippen molar-refractivity contribution in [2.45, 2.75) is 32.4 Å². The maximum Gasteiger partial charge on any atom is 0.123 e. The lowest BCUT2D eigenvalue weighted by Gasteiger charge is -2.37. The second kappa shape index (κ2) is 7.72. The fraction of sp³-hybridized carbons (Fsp3) is 0.625. The summed E-state index contributed by atoms with van der Waals surface area (Å²) in [5, 5.41) is 3.49. The molecule has 1 aliphatic heterocycles. The average molecular weight is 280 g/mol. The predicted octanol–water partition coefficient (Wildman–Crippen LogP) is 2.07. The number of likely N-dealkylation sites (N-methyl/N-ethyl adjacent to an activating group) is 2. The number of hydrogen-bond donors (Lipinski definition) is 1. The topological polar surface area (TPSA) is 24.5 Å². The molecule has 4 heteroatoms. The number of halogens is 1. The third-order valence-corrected chi connectivity index (χ3v) is 3.88. The lowest BCUT2D eigenvalue weighted by atomic mass is 9.99. The minimum atomic E-state index is -0.169. The Kier molecular flexibility index (Phi) is 5.95. The largest absolute Gasteiger partial charge is 0.374 e. The number of nitrogens with zero attached hydrogens (tertiary/aromatic N) is 1. The monoisotopic (exact) mass is 280 g/mol. The van der Waals surface area contributed by atoms with E-state index in [2.05, 4.69) is 24.1 Å². The molecule has 0 radical (unpaired) electrons. The second-order valence-electron chi connectivity index (χ2n) is 5.30. The standard InChI is InChI=1S/C16H25FN2O/c1-3-18-15(11-13-6-5-7-14(17)10-13)16-12-19(4-2)8-9-20-16/h5-7,10,15-16,18H,3-4,8-9,11-12H2,1-2H3. The number of benzene rings is 1. The van der Waals surface area contributed by atoms with Crippen molar-refractivity contribution in [2.24, 2.45) is 0 Å². The minimum Gasteiger partial charge on any atom is -0.374 e. The van der Waals surface area contributed by atoms with E-state index in [4.69, 9.17) is 4.74 Å². The highest BCUT2D eigenvalue weighted by Crippen LogP contribution is 2.14. The van der Waals surface area contributed by atoms with Crippen LogP contribution in [-0.2, 0) is 11.2 Å². The average Bonchev–Trinajstić information content (AvgIpc) is 2.47. The van der Waals surface area contributed by atoms with Crippen LogP contribution in [-0.4, -0.2) is 49.8 Å². The number of morpholine rings is 1. The molecule has 1 N–H and O–H groups in total. The van der Waals surface area contributed by atoms with Gasteiger partial charge in [0.2, 0.25) is 0 Å². The Morgan fingerprint density at radius 2 is 2.30 bits per heavy atom. The molecule has 0 spiro atoms. The van der Waals surface area contributed by atoms with E-state index in [1.165, 1.54) is 6.07 Å². The van der Waals surface area contributed by atoms with Crippen LogP contribution >= 0.6 is 0 Å². The Labute approximate surface area is 121 Å². The van der Waals surface area contributed by atoms with Gasteiger partial charge < -0.3 is 10.1 Å². The molecule has 0 amide bonds. The van der Waals surface area contributed by atoms with Crippen LogP contribution in [0.4, 0.5) is 4.39 Å². The summed E-state index contributed by atoms with van der Waals surface area (Å²) in [4.78, 5) is 2.41. The first-order chi connectivity index (χ1) is 9.72. The third kappa shape index (κ3) is 4.27. The lowest BCUT2D eigenvalue weighted by Crippen LogP contribution is -2.53. The van der Waals surface area contributed by atoms with Crippen molar-refractivity contribution in [1.29, 1.82) is 0 Å². The van der Waals surface area contributed by atoms with Gasteiger partial charge in [-0.05, 0) is 37.2 Å². The van der Waals surface area contributed by atoms with E-state index in [-0.39, 0.29) is 18.0 Å². The molecule has 20 heavy (non-hydrogen) atoms. The van der Waals surface area contributed by atoms with E-state index in [0.717, 1.165) is 44.8 Å². The van der Waals surface area contributed by atoms with Crippen LogP contribution in [0.5, 0.6) is 0 Å². The summed E-state index contributed by atoms with van der Waals surface area (Å²) >= 11 is 0. The molecule has 112 valence electrons. The molecule has 2 atom stereocenters. The molecule has 2 unspecified atom stereocenters. The van der Waals surface area contributed by atoms with Crippen molar-refractivity contribution in [3.63, 3.8) is 0 Å². The zero-order valence-electron chi connectivity index (χ0n) is 12.4. The van der Waals surface area contributed by atoms with Gasteiger partial charge in [-0.1, -0.05) is 26.0 Å². The number of ether oxygens (including phenoxy) is 1. The zero-order chi connectivity index (χ0) is 14.4. The van der Waals surface area contributed by atoms with Crippen LogP contribution in [0.3, 0.4) is 0 Å². The number of rotatable bonds is 6. The maximum absolute atomic E-state index is 13.3. The first-order valence-electron chi connectivity index (χ1n) is 7.54. The number of nitrogens with one attached hydrogen (secondary N) is 1. The first kappa shape index (κ1) is 15.4. The molecule has 1 aliphatic rings. The van der Waals surface area contributed by atoms with Gasteiger partial charge in [-0.2, -0.15) is 0 Å². The van der Waals surface area contributed by atoms with E-state index >= 15 is 0 Å². The molecule has 1 heterocycles. The molecule has 1 aromatic rings. The molecule has 0 saturated carbocycles.